The van der Waals surface area contributed by atoms with Crippen molar-refractivity contribution < 1.29 is 0 Å². The smallest absolute Gasteiger partial charge is 0.0722 e. The average molecular weight is 591 g/mol. The summed E-state index contributed by atoms with van der Waals surface area (Å²) in [5.41, 5.74) is 16.4. The van der Waals surface area contributed by atoms with Crippen molar-refractivity contribution in [3.05, 3.63) is 162 Å². The number of fused-ring (bicyclic) bond motifs is 6. The van der Waals surface area contributed by atoms with Gasteiger partial charge in [-0.05, 0) is 70.0 Å². The topological polar surface area (TPSA) is 17.8 Å². The maximum Gasteiger partial charge on any atom is 0.0722 e. The zero-order chi connectivity index (χ0) is 30.8. The molecule has 2 aromatic heterocycles. The molecule has 0 amide bonds. The van der Waals surface area contributed by atoms with E-state index in [1.165, 1.54) is 66.5 Å². The van der Waals surface area contributed by atoms with E-state index in [0.29, 0.717) is 0 Å². The molecule has 0 radical (unpaired) electrons. The molecule has 0 atom stereocenters. The number of hydrogen-bond acceptors (Lipinski definition) is 1. The number of hydrogen-bond donors (Lipinski definition) is 0. The Morgan fingerprint density at radius 2 is 1.28 bits per heavy atom. The highest BCUT2D eigenvalue weighted by Crippen LogP contribution is 2.49. The molecule has 2 heterocycles. The van der Waals surface area contributed by atoms with Gasteiger partial charge in [-0.15, -0.1) is 0 Å². The monoisotopic (exact) mass is 590 g/mol. The quantitative estimate of drug-likeness (QED) is 0.199. The Balaban J connectivity index is 1.25. The van der Waals surface area contributed by atoms with Gasteiger partial charge in [0.1, 0.15) is 0 Å². The fraction of sp³-hybridized carbons (Fsp3) is 0.114. The molecule has 2 nitrogen and oxygen atoms in total. The number of rotatable bonds is 4. The van der Waals surface area contributed by atoms with Crippen LogP contribution in [0.2, 0.25) is 0 Å². The van der Waals surface area contributed by atoms with Crippen LogP contribution in [0.3, 0.4) is 0 Å². The van der Waals surface area contributed by atoms with Crippen LogP contribution in [0.1, 0.15) is 43.4 Å². The molecule has 2 heteroatoms. The molecule has 2 aliphatic carbocycles. The van der Waals surface area contributed by atoms with E-state index in [2.05, 4.69) is 164 Å². The number of para-hydroxylation sites is 1. The van der Waals surface area contributed by atoms with E-state index in [4.69, 9.17) is 4.98 Å². The summed E-state index contributed by atoms with van der Waals surface area (Å²) >= 11 is 0. The number of allylic oxidation sites excluding steroid dienone is 4. The van der Waals surface area contributed by atoms with Crippen LogP contribution in [0, 0.1) is 0 Å². The summed E-state index contributed by atoms with van der Waals surface area (Å²) in [6.07, 6.45) is 8.69. The third-order valence-corrected chi connectivity index (χ3v) is 10.2. The van der Waals surface area contributed by atoms with Crippen molar-refractivity contribution in [1.82, 2.24) is 9.55 Å². The van der Waals surface area contributed by atoms with Crippen molar-refractivity contribution in [2.24, 2.45) is 0 Å². The molecule has 0 aliphatic heterocycles. The van der Waals surface area contributed by atoms with Gasteiger partial charge in [-0.25, -0.2) is 0 Å². The molecular weight excluding hydrogens is 556 g/mol. The predicted molar refractivity (Wildman–Crippen MR) is 194 cm³/mol. The van der Waals surface area contributed by atoms with Gasteiger partial charge >= 0.3 is 0 Å². The molecule has 0 saturated carbocycles. The van der Waals surface area contributed by atoms with Gasteiger partial charge in [0.15, 0.2) is 0 Å². The summed E-state index contributed by atoms with van der Waals surface area (Å²) in [6.45, 7) is 4.66. The number of pyridine rings is 1. The second-order valence-corrected chi connectivity index (χ2v) is 13.1. The summed E-state index contributed by atoms with van der Waals surface area (Å²) in [7, 11) is 0. The van der Waals surface area contributed by atoms with E-state index in [0.717, 1.165) is 29.6 Å². The van der Waals surface area contributed by atoms with Crippen LogP contribution in [-0.2, 0) is 5.41 Å². The summed E-state index contributed by atoms with van der Waals surface area (Å²) in [4.78, 5) is 5.15. The van der Waals surface area contributed by atoms with Crippen molar-refractivity contribution in [1.29, 1.82) is 0 Å². The first-order valence-corrected chi connectivity index (χ1v) is 16.3. The lowest BCUT2D eigenvalue weighted by atomic mass is 9.82. The fourth-order valence-electron chi connectivity index (χ4n) is 7.86. The van der Waals surface area contributed by atoms with Crippen molar-refractivity contribution in [3.8, 4) is 33.5 Å². The van der Waals surface area contributed by atoms with Gasteiger partial charge in [-0.2, -0.15) is 0 Å². The molecule has 0 N–H and O–H groups in total. The molecule has 220 valence electrons. The summed E-state index contributed by atoms with van der Waals surface area (Å²) in [6, 6.07) is 46.3. The minimum atomic E-state index is -0.00829. The summed E-state index contributed by atoms with van der Waals surface area (Å²) in [5.74, 6) is 0. The maximum atomic E-state index is 5.15. The minimum absolute atomic E-state index is 0.00829. The van der Waals surface area contributed by atoms with Gasteiger partial charge in [-0.1, -0.05) is 135 Å². The Kier molecular flexibility index (Phi) is 6.01. The Labute approximate surface area is 270 Å². The van der Waals surface area contributed by atoms with Crippen molar-refractivity contribution in [3.63, 3.8) is 0 Å². The van der Waals surface area contributed by atoms with E-state index >= 15 is 0 Å². The van der Waals surface area contributed by atoms with Crippen LogP contribution in [-0.4, -0.2) is 9.55 Å². The second kappa shape index (κ2) is 10.3. The molecule has 7 aromatic rings. The van der Waals surface area contributed by atoms with Gasteiger partial charge in [0, 0.05) is 33.0 Å². The largest absolute Gasteiger partial charge is 0.311 e. The highest BCUT2D eigenvalue weighted by Gasteiger charge is 2.35. The van der Waals surface area contributed by atoms with Gasteiger partial charge in [0.2, 0.25) is 0 Å². The maximum absolute atomic E-state index is 5.15. The first-order valence-electron chi connectivity index (χ1n) is 16.3. The third-order valence-electron chi connectivity index (χ3n) is 10.2. The number of aromatic nitrogens is 2. The lowest BCUT2D eigenvalue weighted by Gasteiger charge is -2.21. The fourth-order valence-corrected chi connectivity index (χ4v) is 7.86. The third kappa shape index (κ3) is 4.07. The van der Waals surface area contributed by atoms with Crippen LogP contribution in [0.15, 0.2) is 146 Å². The second-order valence-electron chi connectivity index (χ2n) is 13.1. The Hall–Kier alpha value is -5.47. The Morgan fingerprint density at radius 3 is 2.07 bits per heavy atom. The first-order chi connectivity index (χ1) is 22.6. The van der Waals surface area contributed by atoms with Crippen molar-refractivity contribution >= 4 is 33.1 Å². The Bertz CT molecular complexity index is 2370. The van der Waals surface area contributed by atoms with E-state index in [9.17, 15) is 0 Å². The van der Waals surface area contributed by atoms with Gasteiger partial charge in [0.25, 0.3) is 0 Å². The van der Waals surface area contributed by atoms with Crippen LogP contribution >= 0.6 is 0 Å². The lowest BCUT2D eigenvalue weighted by Crippen LogP contribution is -2.14. The van der Waals surface area contributed by atoms with Crippen LogP contribution in [0.4, 0.5) is 0 Å². The number of nitrogens with zero attached hydrogens (tertiary/aromatic N) is 2. The highest BCUT2D eigenvalue weighted by atomic mass is 15.0. The Morgan fingerprint density at radius 1 is 0.565 bits per heavy atom. The molecule has 0 fully saturated rings. The normalized spacial score (nSPS) is 15.0. The summed E-state index contributed by atoms with van der Waals surface area (Å²) < 4.78 is 2.48. The minimum Gasteiger partial charge on any atom is -0.311 e. The van der Waals surface area contributed by atoms with Gasteiger partial charge in [-0.3, -0.25) is 4.98 Å². The number of benzene rings is 5. The van der Waals surface area contributed by atoms with Gasteiger partial charge < -0.3 is 4.57 Å². The highest BCUT2D eigenvalue weighted by molar-refractivity contribution is 6.15. The lowest BCUT2D eigenvalue weighted by molar-refractivity contribution is 0.660. The van der Waals surface area contributed by atoms with Crippen LogP contribution < -0.4 is 0 Å². The average Bonchev–Trinajstić information content (AvgIpc) is 3.57. The molecule has 5 aromatic carbocycles. The molecule has 0 saturated heterocycles. The van der Waals surface area contributed by atoms with Crippen LogP contribution in [0.25, 0.3) is 66.6 Å². The molecule has 0 unspecified atom stereocenters. The van der Waals surface area contributed by atoms with E-state index in [-0.39, 0.29) is 5.41 Å². The predicted octanol–water partition coefficient (Wildman–Crippen LogP) is 11.5. The molecule has 0 spiro atoms. The van der Waals surface area contributed by atoms with E-state index < -0.39 is 0 Å². The van der Waals surface area contributed by atoms with Crippen molar-refractivity contribution in [2.75, 3.05) is 0 Å². The molecule has 46 heavy (non-hydrogen) atoms. The molecule has 9 rings (SSSR count). The van der Waals surface area contributed by atoms with Gasteiger partial charge in [0.05, 0.1) is 22.9 Å². The van der Waals surface area contributed by atoms with E-state index in [1.54, 1.807) is 0 Å². The zero-order valence-electron chi connectivity index (χ0n) is 26.2. The van der Waals surface area contributed by atoms with Crippen molar-refractivity contribution in [2.45, 2.75) is 32.1 Å². The standard InChI is InChI=1S/C44H34N2/c1-44(2)39-19-10-9-16-35(39)37-26-32(22-25-40(37)44)41-27-38-36-18-11-17-34(31-14-7-4-8-15-31)43(36)46(42(38)28-45-41)33-23-20-30(21-24-33)29-12-5-3-6-13-29/h3-20,22-23,25-28H,21,24H2,1-2H3. The SMILES string of the molecule is CC1(C)c2ccccc2-c2cc(-c3cc4c5cccc(-c6ccccc6)c5n(C5=CC=C(c6ccccc6)CC5)c4cn3)ccc21. The molecular formula is C44H34N2. The first kappa shape index (κ1) is 26.9. The summed E-state index contributed by atoms with van der Waals surface area (Å²) in [5, 5.41) is 2.49. The molecule has 0 bridgehead atoms. The zero-order valence-corrected chi connectivity index (χ0v) is 26.2. The van der Waals surface area contributed by atoms with E-state index in [1.807, 2.05) is 0 Å². The van der Waals surface area contributed by atoms with Crippen LogP contribution in [0.5, 0.6) is 0 Å². The molecule has 2 aliphatic rings.